The highest BCUT2D eigenvalue weighted by Crippen LogP contribution is 2.34. The van der Waals surface area contributed by atoms with Crippen LogP contribution in [0.2, 0.25) is 0 Å². The zero-order valence-electron chi connectivity index (χ0n) is 12.2. The number of hydrogen-bond acceptors (Lipinski definition) is 5. The van der Waals surface area contributed by atoms with Crippen LogP contribution in [0.25, 0.3) is 20.7 Å². The summed E-state index contributed by atoms with van der Waals surface area (Å²) in [6.07, 6.45) is 3.90. The lowest BCUT2D eigenvalue weighted by Gasteiger charge is -2.11. The Morgan fingerprint density at radius 3 is 3.09 bits per heavy atom. The third-order valence-electron chi connectivity index (χ3n) is 3.99. The number of fused-ring (bicyclic) bond motifs is 1. The second kappa shape index (κ2) is 5.61. The van der Waals surface area contributed by atoms with Gasteiger partial charge in [-0.05, 0) is 31.9 Å². The topological polar surface area (TPSA) is 44.1 Å². The average molecular weight is 332 g/mol. The second-order valence-electron chi connectivity index (χ2n) is 5.58. The molecule has 1 aliphatic rings. The smallest absolute Gasteiger partial charge is 0.262 e. The van der Waals surface area contributed by atoms with Crippen molar-refractivity contribution in [3.63, 3.8) is 0 Å². The molecule has 0 aliphatic carbocycles. The van der Waals surface area contributed by atoms with Crippen molar-refractivity contribution in [2.75, 3.05) is 6.61 Å². The monoisotopic (exact) mass is 332 g/mol. The van der Waals surface area contributed by atoms with Crippen molar-refractivity contribution < 1.29 is 4.74 Å². The van der Waals surface area contributed by atoms with Crippen LogP contribution < -0.4 is 5.56 Å². The summed E-state index contributed by atoms with van der Waals surface area (Å²) in [6.45, 7) is 3.48. The molecule has 114 valence electrons. The fourth-order valence-corrected chi connectivity index (χ4v) is 4.73. The minimum atomic E-state index is 0.0443. The SMILES string of the molecule is Cc1ccc(-c2csc3ncn(C[C@@H]4CCCO4)c(=O)c23)s1. The van der Waals surface area contributed by atoms with E-state index in [1.165, 1.54) is 16.2 Å². The van der Waals surface area contributed by atoms with Gasteiger partial charge in [-0.25, -0.2) is 4.98 Å². The molecule has 0 spiro atoms. The first-order valence-electron chi connectivity index (χ1n) is 7.37. The lowest BCUT2D eigenvalue weighted by atomic mass is 10.2. The van der Waals surface area contributed by atoms with E-state index >= 15 is 0 Å². The summed E-state index contributed by atoms with van der Waals surface area (Å²) in [7, 11) is 0. The van der Waals surface area contributed by atoms with Crippen molar-refractivity contribution in [2.45, 2.75) is 32.4 Å². The quantitative estimate of drug-likeness (QED) is 0.735. The molecule has 4 rings (SSSR count). The third kappa shape index (κ3) is 2.41. The van der Waals surface area contributed by atoms with Gasteiger partial charge >= 0.3 is 0 Å². The summed E-state index contributed by atoms with van der Waals surface area (Å²) < 4.78 is 7.34. The summed E-state index contributed by atoms with van der Waals surface area (Å²) in [5.74, 6) is 0. The van der Waals surface area contributed by atoms with E-state index in [0.29, 0.717) is 6.54 Å². The summed E-state index contributed by atoms with van der Waals surface area (Å²) >= 11 is 3.25. The minimum absolute atomic E-state index is 0.0443. The van der Waals surface area contributed by atoms with Gasteiger partial charge in [0.15, 0.2) is 0 Å². The van der Waals surface area contributed by atoms with E-state index in [4.69, 9.17) is 4.74 Å². The summed E-state index contributed by atoms with van der Waals surface area (Å²) in [5, 5.41) is 2.79. The molecule has 0 saturated carbocycles. The van der Waals surface area contributed by atoms with E-state index in [-0.39, 0.29) is 11.7 Å². The Morgan fingerprint density at radius 1 is 1.45 bits per heavy atom. The van der Waals surface area contributed by atoms with Crippen LogP contribution in [0.1, 0.15) is 17.7 Å². The zero-order valence-corrected chi connectivity index (χ0v) is 13.9. The molecule has 0 radical (unpaired) electrons. The molecule has 3 aromatic rings. The second-order valence-corrected chi connectivity index (χ2v) is 7.72. The molecule has 4 nitrogen and oxygen atoms in total. The van der Waals surface area contributed by atoms with Gasteiger partial charge in [-0.15, -0.1) is 22.7 Å². The number of ether oxygens (including phenoxy) is 1. The van der Waals surface area contributed by atoms with Crippen LogP contribution in [0.15, 0.2) is 28.6 Å². The molecule has 0 unspecified atom stereocenters. The van der Waals surface area contributed by atoms with Crippen LogP contribution in [0.5, 0.6) is 0 Å². The van der Waals surface area contributed by atoms with Crippen molar-refractivity contribution in [2.24, 2.45) is 0 Å². The van der Waals surface area contributed by atoms with Crippen molar-refractivity contribution in [1.82, 2.24) is 9.55 Å². The molecule has 1 atom stereocenters. The standard InChI is InChI=1S/C16H16N2O2S2/c1-10-4-5-13(22-10)12-8-21-15-14(12)16(19)18(9-17-15)7-11-3-2-6-20-11/h4-5,8-9,11H,2-3,6-7H2,1H3/t11-/m0/s1. The van der Waals surface area contributed by atoms with Gasteiger partial charge in [0.1, 0.15) is 4.83 Å². The van der Waals surface area contributed by atoms with Crippen LogP contribution in [0, 0.1) is 6.92 Å². The van der Waals surface area contributed by atoms with E-state index < -0.39 is 0 Å². The van der Waals surface area contributed by atoms with Crippen molar-refractivity contribution in [3.8, 4) is 10.4 Å². The largest absolute Gasteiger partial charge is 0.376 e. The molecule has 6 heteroatoms. The van der Waals surface area contributed by atoms with E-state index in [2.05, 4.69) is 24.0 Å². The Balaban J connectivity index is 1.81. The number of thiophene rings is 2. The van der Waals surface area contributed by atoms with Crippen molar-refractivity contribution in [1.29, 1.82) is 0 Å². The first-order valence-corrected chi connectivity index (χ1v) is 9.07. The van der Waals surface area contributed by atoms with Crippen LogP contribution in [-0.4, -0.2) is 22.3 Å². The van der Waals surface area contributed by atoms with E-state index in [0.717, 1.165) is 40.1 Å². The predicted octanol–water partition coefficient (Wildman–Crippen LogP) is 3.67. The van der Waals surface area contributed by atoms with Crippen LogP contribution in [-0.2, 0) is 11.3 Å². The molecule has 1 aliphatic heterocycles. The van der Waals surface area contributed by atoms with Gasteiger partial charge in [-0.3, -0.25) is 9.36 Å². The van der Waals surface area contributed by atoms with Gasteiger partial charge in [0.25, 0.3) is 5.56 Å². The van der Waals surface area contributed by atoms with Crippen LogP contribution >= 0.6 is 22.7 Å². The van der Waals surface area contributed by atoms with Gasteiger partial charge in [0, 0.05) is 27.3 Å². The van der Waals surface area contributed by atoms with Gasteiger partial charge in [-0.1, -0.05) is 0 Å². The minimum Gasteiger partial charge on any atom is -0.376 e. The Morgan fingerprint density at radius 2 is 2.36 bits per heavy atom. The molecular formula is C16H16N2O2S2. The maximum atomic E-state index is 12.9. The van der Waals surface area contributed by atoms with E-state index in [9.17, 15) is 4.79 Å². The average Bonchev–Trinajstić information content (AvgIpc) is 3.22. The van der Waals surface area contributed by atoms with Gasteiger partial charge < -0.3 is 4.74 Å². The van der Waals surface area contributed by atoms with Crippen molar-refractivity contribution in [3.05, 3.63) is 39.1 Å². The fraction of sp³-hybridized carbons (Fsp3) is 0.375. The molecule has 22 heavy (non-hydrogen) atoms. The normalized spacial score (nSPS) is 18.3. The summed E-state index contributed by atoms with van der Waals surface area (Å²) in [6, 6.07) is 4.17. The Bertz CT molecular complexity index is 872. The lowest BCUT2D eigenvalue weighted by Crippen LogP contribution is -2.26. The number of hydrogen-bond donors (Lipinski definition) is 0. The van der Waals surface area contributed by atoms with Crippen molar-refractivity contribution >= 4 is 32.9 Å². The Labute approximate surface area is 136 Å². The first kappa shape index (κ1) is 14.1. The van der Waals surface area contributed by atoms with Gasteiger partial charge in [-0.2, -0.15) is 0 Å². The third-order valence-corrected chi connectivity index (χ3v) is 5.91. The number of aromatic nitrogens is 2. The first-order chi connectivity index (χ1) is 10.7. The number of aryl methyl sites for hydroxylation is 1. The molecule has 0 bridgehead atoms. The lowest BCUT2D eigenvalue weighted by molar-refractivity contribution is 0.0960. The van der Waals surface area contributed by atoms with Gasteiger partial charge in [0.2, 0.25) is 0 Å². The predicted molar refractivity (Wildman–Crippen MR) is 90.9 cm³/mol. The highest BCUT2D eigenvalue weighted by molar-refractivity contribution is 7.19. The molecule has 1 fully saturated rings. The molecule has 3 aromatic heterocycles. The van der Waals surface area contributed by atoms with Crippen LogP contribution in [0.3, 0.4) is 0 Å². The fourth-order valence-electron chi connectivity index (χ4n) is 2.87. The highest BCUT2D eigenvalue weighted by atomic mass is 32.1. The molecule has 0 aromatic carbocycles. The Kier molecular flexibility index (Phi) is 3.60. The zero-order chi connectivity index (χ0) is 15.1. The summed E-state index contributed by atoms with van der Waals surface area (Å²) in [4.78, 5) is 20.5. The maximum Gasteiger partial charge on any atom is 0.262 e. The molecule has 0 amide bonds. The molecule has 1 saturated heterocycles. The summed E-state index contributed by atoms with van der Waals surface area (Å²) in [5.41, 5.74) is 1.06. The highest BCUT2D eigenvalue weighted by Gasteiger charge is 2.19. The maximum absolute atomic E-state index is 12.9. The number of nitrogens with zero attached hydrogens (tertiary/aromatic N) is 2. The Hall–Kier alpha value is -1.50. The van der Waals surface area contributed by atoms with Crippen LogP contribution in [0.4, 0.5) is 0 Å². The number of rotatable bonds is 3. The molecular weight excluding hydrogens is 316 g/mol. The van der Waals surface area contributed by atoms with E-state index in [1.54, 1.807) is 22.2 Å². The molecule has 4 heterocycles. The molecule has 0 N–H and O–H groups in total. The van der Waals surface area contributed by atoms with Gasteiger partial charge in [0.05, 0.1) is 24.4 Å². The van der Waals surface area contributed by atoms with E-state index in [1.807, 2.05) is 5.38 Å².